The molecule has 0 aromatic heterocycles. The molecule has 1 heterocycles. The summed E-state index contributed by atoms with van der Waals surface area (Å²) in [5.41, 5.74) is 1.32. The molecule has 24 heavy (non-hydrogen) atoms. The van der Waals surface area contributed by atoms with E-state index >= 15 is 0 Å². The quantitative estimate of drug-likeness (QED) is 0.759. The second-order valence-electron chi connectivity index (χ2n) is 6.61. The number of ether oxygens (including phenoxy) is 1. The van der Waals surface area contributed by atoms with Crippen molar-refractivity contribution in [2.24, 2.45) is 5.92 Å². The van der Waals surface area contributed by atoms with Crippen molar-refractivity contribution < 1.29 is 9.53 Å². The summed E-state index contributed by atoms with van der Waals surface area (Å²) in [5, 5.41) is 6.23. The Hall–Kier alpha value is -1.43. The lowest BCUT2D eigenvalue weighted by molar-refractivity contribution is -0.127. The number of hydrogen-bond donors (Lipinski definition) is 2. The fraction of sp³-hybridized carbons (Fsp3) is 0.632. The molecule has 1 fully saturated rings. The number of hydrogen-bond acceptors (Lipinski definition) is 4. The van der Waals surface area contributed by atoms with Crippen molar-refractivity contribution in [1.82, 2.24) is 15.5 Å². The largest absolute Gasteiger partial charge is 0.373 e. The fourth-order valence-corrected chi connectivity index (χ4v) is 3.14. The van der Waals surface area contributed by atoms with Crippen LogP contribution in [0.1, 0.15) is 25.8 Å². The van der Waals surface area contributed by atoms with Crippen molar-refractivity contribution in [3.05, 3.63) is 35.9 Å². The highest BCUT2D eigenvalue weighted by molar-refractivity contribution is 5.78. The molecule has 2 rings (SSSR count). The zero-order valence-electron chi connectivity index (χ0n) is 15.1. The molecule has 0 saturated carbocycles. The molecule has 1 aliphatic rings. The normalized spacial score (nSPS) is 21.2. The molecule has 0 radical (unpaired) electrons. The molecule has 1 aromatic carbocycles. The lowest BCUT2D eigenvalue weighted by Gasteiger charge is -2.37. The Balaban J connectivity index is 1.90. The van der Waals surface area contributed by atoms with Gasteiger partial charge in [0, 0.05) is 32.1 Å². The Labute approximate surface area is 145 Å². The fourth-order valence-electron chi connectivity index (χ4n) is 3.14. The zero-order valence-corrected chi connectivity index (χ0v) is 15.1. The van der Waals surface area contributed by atoms with Gasteiger partial charge in [0.25, 0.3) is 0 Å². The first kappa shape index (κ1) is 18.9. The lowest BCUT2D eigenvalue weighted by atomic mass is 10.0. The Kier molecular flexibility index (Phi) is 7.69. The van der Waals surface area contributed by atoms with E-state index in [0.29, 0.717) is 6.54 Å². The molecule has 0 bridgehead atoms. The molecule has 0 aliphatic carbocycles. The van der Waals surface area contributed by atoms with Gasteiger partial charge in [0.15, 0.2) is 0 Å². The summed E-state index contributed by atoms with van der Waals surface area (Å²) < 4.78 is 5.97. The predicted molar refractivity (Wildman–Crippen MR) is 96.8 cm³/mol. The number of carbonyl (C=O) groups excluding carboxylic acids is 1. The Morgan fingerprint density at radius 1 is 1.38 bits per heavy atom. The summed E-state index contributed by atoms with van der Waals surface area (Å²) >= 11 is 0. The third-order valence-electron chi connectivity index (χ3n) is 4.60. The van der Waals surface area contributed by atoms with Gasteiger partial charge in [-0.2, -0.15) is 0 Å². The Morgan fingerprint density at radius 2 is 2.12 bits per heavy atom. The highest BCUT2D eigenvalue weighted by Crippen LogP contribution is 2.15. The van der Waals surface area contributed by atoms with Gasteiger partial charge in [-0.15, -0.1) is 0 Å². The third-order valence-corrected chi connectivity index (χ3v) is 4.60. The molecule has 5 heteroatoms. The zero-order chi connectivity index (χ0) is 17.4. The number of benzene rings is 1. The average molecular weight is 333 g/mol. The molecular formula is C19H31N3O2. The predicted octanol–water partition coefficient (Wildman–Crippen LogP) is 1.64. The summed E-state index contributed by atoms with van der Waals surface area (Å²) in [6.07, 6.45) is 0.931. The van der Waals surface area contributed by atoms with E-state index in [0.717, 1.165) is 32.7 Å². The molecule has 0 spiro atoms. The van der Waals surface area contributed by atoms with Crippen LogP contribution in [-0.2, 0) is 16.1 Å². The van der Waals surface area contributed by atoms with E-state index < -0.39 is 0 Å². The number of amides is 1. The van der Waals surface area contributed by atoms with E-state index in [1.54, 1.807) is 0 Å². The minimum absolute atomic E-state index is 0.0342. The Bertz CT molecular complexity index is 495. The summed E-state index contributed by atoms with van der Waals surface area (Å²) in [6.45, 7) is 8.18. The highest BCUT2D eigenvalue weighted by Gasteiger charge is 2.29. The first-order valence-corrected chi connectivity index (χ1v) is 8.96. The van der Waals surface area contributed by atoms with E-state index in [1.807, 2.05) is 20.0 Å². The van der Waals surface area contributed by atoms with Gasteiger partial charge in [0.1, 0.15) is 0 Å². The molecule has 1 aliphatic heterocycles. The molecule has 3 atom stereocenters. The van der Waals surface area contributed by atoms with E-state index in [9.17, 15) is 4.79 Å². The van der Waals surface area contributed by atoms with Crippen LogP contribution < -0.4 is 10.6 Å². The standard InChI is InChI=1S/C19H31N3O2/c1-4-17(21-19(23)15(2)12-20-3)18-14-22(10-11-24-18)13-16-8-6-5-7-9-16/h5-9,15,17-18,20H,4,10-14H2,1-3H3,(H,21,23). The monoisotopic (exact) mass is 333 g/mol. The van der Waals surface area contributed by atoms with Crippen molar-refractivity contribution in [3.8, 4) is 0 Å². The summed E-state index contributed by atoms with van der Waals surface area (Å²) in [6, 6.07) is 10.6. The number of carbonyl (C=O) groups is 1. The second-order valence-corrected chi connectivity index (χ2v) is 6.61. The first-order valence-electron chi connectivity index (χ1n) is 8.96. The van der Waals surface area contributed by atoms with Gasteiger partial charge in [-0.25, -0.2) is 0 Å². The molecule has 1 aromatic rings. The minimum atomic E-state index is -0.0342. The molecule has 1 amide bonds. The maximum absolute atomic E-state index is 12.3. The van der Waals surface area contributed by atoms with Gasteiger partial charge in [0.05, 0.1) is 18.8 Å². The minimum Gasteiger partial charge on any atom is -0.373 e. The van der Waals surface area contributed by atoms with Gasteiger partial charge < -0.3 is 15.4 Å². The van der Waals surface area contributed by atoms with Crippen LogP contribution in [0.3, 0.4) is 0 Å². The van der Waals surface area contributed by atoms with Crippen molar-refractivity contribution in [2.45, 2.75) is 39.0 Å². The van der Waals surface area contributed by atoms with Crippen LogP contribution in [0, 0.1) is 5.92 Å². The molecule has 2 N–H and O–H groups in total. The average Bonchev–Trinajstić information content (AvgIpc) is 2.60. The Morgan fingerprint density at radius 3 is 2.79 bits per heavy atom. The lowest BCUT2D eigenvalue weighted by Crippen LogP contribution is -2.54. The first-order chi connectivity index (χ1) is 11.6. The summed E-state index contributed by atoms with van der Waals surface area (Å²) in [7, 11) is 1.87. The van der Waals surface area contributed by atoms with E-state index in [1.165, 1.54) is 5.56 Å². The number of nitrogens with one attached hydrogen (secondary N) is 2. The second kappa shape index (κ2) is 9.77. The smallest absolute Gasteiger partial charge is 0.224 e. The topological polar surface area (TPSA) is 53.6 Å². The molecular weight excluding hydrogens is 302 g/mol. The van der Waals surface area contributed by atoms with Crippen LogP contribution in [-0.4, -0.2) is 56.2 Å². The highest BCUT2D eigenvalue weighted by atomic mass is 16.5. The van der Waals surface area contributed by atoms with Gasteiger partial charge >= 0.3 is 0 Å². The number of morpholine rings is 1. The molecule has 134 valence electrons. The van der Waals surface area contributed by atoms with Crippen LogP contribution in [0.5, 0.6) is 0 Å². The molecule has 3 unspecified atom stereocenters. The molecule has 5 nitrogen and oxygen atoms in total. The van der Waals surface area contributed by atoms with Gasteiger partial charge in [0.2, 0.25) is 5.91 Å². The van der Waals surface area contributed by atoms with Crippen molar-refractivity contribution in [2.75, 3.05) is 33.3 Å². The number of nitrogens with zero attached hydrogens (tertiary/aromatic N) is 1. The van der Waals surface area contributed by atoms with Crippen LogP contribution in [0.2, 0.25) is 0 Å². The van der Waals surface area contributed by atoms with E-state index in [-0.39, 0.29) is 24.0 Å². The maximum Gasteiger partial charge on any atom is 0.224 e. The van der Waals surface area contributed by atoms with Crippen LogP contribution >= 0.6 is 0 Å². The number of rotatable bonds is 8. The molecule has 1 saturated heterocycles. The van der Waals surface area contributed by atoms with Gasteiger partial charge in [-0.1, -0.05) is 44.2 Å². The van der Waals surface area contributed by atoms with Crippen LogP contribution in [0.25, 0.3) is 0 Å². The summed E-state index contributed by atoms with van der Waals surface area (Å²) in [4.78, 5) is 14.7. The SMILES string of the molecule is CCC(NC(=O)C(C)CNC)C1CN(Cc2ccccc2)CCO1. The van der Waals surface area contributed by atoms with Crippen molar-refractivity contribution in [1.29, 1.82) is 0 Å². The van der Waals surface area contributed by atoms with Crippen LogP contribution in [0.4, 0.5) is 0 Å². The van der Waals surface area contributed by atoms with E-state index in [2.05, 4.69) is 46.7 Å². The van der Waals surface area contributed by atoms with Crippen LogP contribution in [0.15, 0.2) is 30.3 Å². The summed E-state index contributed by atoms with van der Waals surface area (Å²) in [5.74, 6) is 0.0630. The van der Waals surface area contributed by atoms with Crippen molar-refractivity contribution in [3.63, 3.8) is 0 Å². The van der Waals surface area contributed by atoms with E-state index in [4.69, 9.17) is 4.74 Å². The maximum atomic E-state index is 12.3. The third kappa shape index (κ3) is 5.58. The van der Waals surface area contributed by atoms with Crippen molar-refractivity contribution >= 4 is 5.91 Å². The van der Waals surface area contributed by atoms with Gasteiger partial charge in [-0.3, -0.25) is 9.69 Å². The van der Waals surface area contributed by atoms with Gasteiger partial charge in [-0.05, 0) is 19.0 Å².